The summed E-state index contributed by atoms with van der Waals surface area (Å²) >= 11 is 0. The van der Waals surface area contributed by atoms with Crippen molar-refractivity contribution in [2.24, 2.45) is 0 Å². The zero-order chi connectivity index (χ0) is 13.9. The smallest absolute Gasteiger partial charge is 0.124 e. The molecule has 2 nitrogen and oxygen atoms in total. The number of ether oxygens (including phenoxy) is 1. The molecule has 0 atom stereocenters. The lowest BCUT2D eigenvalue weighted by Gasteiger charge is -2.14. The van der Waals surface area contributed by atoms with Crippen molar-refractivity contribution < 1.29 is 4.74 Å². The summed E-state index contributed by atoms with van der Waals surface area (Å²) in [4.78, 5) is 3.26. The van der Waals surface area contributed by atoms with Crippen molar-refractivity contribution in [2.45, 2.75) is 26.4 Å². The van der Waals surface area contributed by atoms with Crippen LogP contribution in [0.2, 0.25) is 0 Å². The summed E-state index contributed by atoms with van der Waals surface area (Å²) in [6, 6.07) is 16.7. The quantitative estimate of drug-likeness (QED) is 0.715. The fourth-order valence-corrected chi connectivity index (χ4v) is 2.41. The van der Waals surface area contributed by atoms with Crippen LogP contribution < -0.4 is 4.74 Å². The third kappa shape index (κ3) is 2.55. The number of fused-ring (bicyclic) bond motifs is 1. The summed E-state index contributed by atoms with van der Waals surface area (Å²) in [6.07, 6.45) is 1.97. The Bertz CT molecular complexity index is 698. The first-order valence-electron chi connectivity index (χ1n) is 7.02. The number of rotatable bonds is 4. The van der Waals surface area contributed by atoms with Gasteiger partial charge in [-0.05, 0) is 35.2 Å². The number of H-pyrrole nitrogens is 1. The molecule has 0 radical (unpaired) electrons. The van der Waals surface area contributed by atoms with Crippen LogP contribution in [0.25, 0.3) is 10.9 Å². The molecule has 0 amide bonds. The lowest BCUT2D eigenvalue weighted by Crippen LogP contribution is -2.00. The Balaban J connectivity index is 1.90. The monoisotopic (exact) mass is 265 g/mol. The zero-order valence-corrected chi connectivity index (χ0v) is 11.9. The van der Waals surface area contributed by atoms with Crippen LogP contribution >= 0.6 is 0 Å². The predicted molar refractivity (Wildman–Crippen MR) is 83.2 cm³/mol. The van der Waals surface area contributed by atoms with E-state index in [9.17, 15) is 0 Å². The van der Waals surface area contributed by atoms with Crippen LogP contribution in [0.15, 0.2) is 54.7 Å². The molecule has 0 aliphatic rings. The second-order valence-electron chi connectivity index (χ2n) is 5.38. The van der Waals surface area contributed by atoms with Gasteiger partial charge in [-0.1, -0.05) is 44.2 Å². The maximum atomic E-state index is 6.05. The van der Waals surface area contributed by atoms with E-state index in [-0.39, 0.29) is 0 Å². The summed E-state index contributed by atoms with van der Waals surface area (Å²) in [7, 11) is 0. The molecule has 2 heteroatoms. The first-order chi connectivity index (χ1) is 9.74. The zero-order valence-electron chi connectivity index (χ0n) is 11.9. The molecule has 3 rings (SSSR count). The van der Waals surface area contributed by atoms with Gasteiger partial charge in [0.05, 0.1) is 0 Å². The molecule has 3 aromatic rings. The Morgan fingerprint density at radius 2 is 1.85 bits per heavy atom. The minimum Gasteiger partial charge on any atom is -0.489 e. The molecular formula is C18H19NO. The van der Waals surface area contributed by atoms with Gasteiger partial charge in [0, 0.05) is 17.1 Å². The summed E-state index contributed by atoms with van der Waals surface area (Å²) < 4.78 is 6.05. The molecule has 0 aliphatic heterocycles. The summed E-state index contributed by atoms with van der Waals surface area (Å²) in [5.74, 6) is 1.42. The second kappa shape index (κ2) is 5.41. The molecule has 2 aromatic carbocycles. The normalized spacial score (nSPS) is 11.2. The Morgan fingerprint density at radius 3 is 2.60 bits per heavy atom. The highest BCUT2D eigenvalue weighted by Gasteiger charge is 2.10. The molecule has 0 saturated heterocycles. The lowest BCUT2D eigenvalue weighted by molar-refractivity contribution is 0.302. The van der Waals surface area contributed by atoms with Gasteiger partial charge in [0.25, 0.3) is 0 Å². The Kier molecular flexibility index (Phi) is 3.46. The number of aromatic amines is 1. The van der Waals surface area contributed by atoms with Crippen molar-refractivity contribution in [3.05, 3.63) is 65.9 Å². The maximum Gasteiger partial charge on any atom is 0.124 e. The SMILES string of the molecule is CC(C)c1cc2[nH]ccc2cc1OCc1ccccc1. The highest BCUT2D eigenvalue weighted by molar-refractivity contribution is 5.82. The second-order valence-corrected chi connectivity index (χ2v) is 5.38. The van der Waals surface area contributed by atoms with E-state index in [0.29, 0.717) is 12.5 Å². The van der Waals surface area contributed by atoms with E-state index in [2.05, 4.69) is 49.2 Å². The molecule has 1 N–H and O–H groups in total. The average molecular weight is 265 g/mol. The predicted octanol–water partition coefficient (Wildman–Crippen LogP) is 4.87. The van der Waals surface area contributed by atoms with Crippen molar-refractivity contribution in [3.63, 3.8) is 0 Å². The van der Waals surface area contributed by atoms with Crippen molar-refractivity contribution in [3.8, 4) is 5.75 Å². The fourth-order valence-electron chi connectivity index (χ4n) is 2.41. The molecular weight excluding hydrogens is 246 g/mol. The topological polar surface area (TPSA) is 25.0 Å². The van der Waals surface area contributed by atoms with Gasteiger partial charge in [0.15, 0.2) is 0 Å². The summed E-state index contributed by atoms with van der Waals surface area (Å²) in [5.41, 5.74) is 3.60. The van der Waals surface area contributed by atoms with Crippen LogP contribution in [-0.2, 0) is 6.61 Å². The van der Waals surface area contributed by atoms with Gasteiger partial charge < -0.3 is 9.72 Å². The fraction of sp³-hybridized carbons (Fsp3) is 0.222. The number of benzene rings is 2. The molecule has 1 aromatic heterocycles. The van der Waals surface area contributed by atoms with E-state index >= 15 is 0 Å². The molecule has 0 fully saturated rings. The third-order valence-electron chi connectivity index (χ3n) is 3.54. The highest BCUT2D eigenvalue weighted by atomic mass is 16.5. The molecule has 0 unspecified atom stereocenters. The number of hydrogen-bond acceptors (Lipinski definition) is 1. The largest absolute Gasteiger partial charge is 0.489 e. The Hall–Kier alpha value is -2.22. The lowest BCUT2D eigenvalue weighted by atomic mass is 10.0. The van der Waals surface area contributed by atoms with E-state index in [0.717, 1.165) is 5.75 Å². The maximum absolute atomic E-state index is 6.05. The van der Waals surface area contributed by atoms with E-state index < -0.39 is 0 Å². The molecule has 1 heterocycles. The van der Waals surface area contributed by atoms with Crippen molar-refractivity contribution in [2.75, 3.05) is 0 Å². The minimum atomic E-state index is 0.438. The van der Waals surface area contributed by atoms with Crippen LogP contribution in [0.4, 0.5) is 0 Å². The molecule has 20 heavy (non-hydrogen) atoms. The van der Waals surface area contributed by atoms with Gasteiger partial charge in [0.1, 0.15) is 12.4 Å². The molecule has 0 bridgehead atoms. The van der Waals surface area contributed by atoms with Gasteiger partial charge in [0.2, 0.25) is 0 Å². The first-order valence-corrected chi connectivity index (χ1v) is 7.02. The van der Waals surface area contributed by atoms with Crippen LogP contribution in [0.1, 0.15) is 30.9 Å². The highest BCUT2D eigenvalue weighted by Crippen LogP contribution is 2.31. The number of nitrogens with one attached hydrogen (secondary N) is 1. The van der Waals surface area contributed by atoms with Gasteiger partial charge in [-0.25, -0.2) is 0 Å². The van der Waals surface area contributed by atoms with Crippen LogP contribution in [0.3, 0.4) is 0 Å². The van der Waals surface area contributed by atoms with Gasteiger partial charge in [-0.2, -0.15) is 0 Å². The van der Waals surface area contributed by atoms with E-state index in [1.807, 2.05) is 24.4 Å². The summed E-state index contributed by atoms with van der Waals surface area (Å²) in [5, 5.41) is 1.19. The Morgan fingerprint density at radius 1 is 1.05 bits per heavy atom. The standard InChI is InChI=1S/C18H19NO/c1-13(2)16-11-17-15(8-9-19-17)10-18(16)20-12-14-6-4-3-5-7-14/h3-11,13,19H,12H2,1-2H3. The van der Waals surface area contributed by atoms with Crippen molar-refractivity contribution in [1.82, 2.24) is 4.98 Å². The van der Waals surface area contributed by atoms with Gasteiger partial charge in [-0.3, -0.25) is 0 Å². The molecule has 0 saturated carbocycles. The number of aromatic nitrogens is 1. The van der Waals surface area contributed by atoms with E-state index in [1.165, 1.54) is 22.0 Å². The first kappa shape index (κ1) is 12.8. The molecule has 102 valence electrons. The van der Waals surface area contributed by atoms with Crippen molar-refractivity contribution >= 4 is 10.9 Å². The van der Waals surface area contributed by atoms with Crippen LogP contribution in [0, 0.1) is 0 Å². The van der Waals surface area contributed by atoms with E-state index in [4.69, 9.17) is 4.74 Å². The average Bonchev–Trinajstić information content (AvgIpc) is 2.92. The van der Waals surface area contributed by atoms with E-state index in [1.54, 1.807) is 0 Å². The van der Waals surface area contributed by atoms with Crippen LogP contribution in [-0.4, -0.2) is 4.98 Å². The third-order valence-corrected chi connectivity index (χ3v) is 3.54. The van der Waals surface area contributed by atoms with Crippen molar-refractivity contribution in [1.29, 1.82) is 0 Å². The summed E-state index contributed by atoms with van der Waals surface area (Å²) in [6.45, 7) is 5.00. The van der Waals surface area contributed by atoms with Crippen LogP contribution in [0.5, 0.6) is 5.75 Å². The Labute approximate surface area is 119 Å². The van der Waals surface area contributed by atoms with Gasteiger partial charge >= 0.3 is 0 Å². The van der Waals surface area contributed by atoms with Gasteiger partial charge in [-0.15, -0.1) is 0 Å². The minimum absolute atomic E-state index is 0.438. The number of hydrogen-bond donors (Lipinski definition) is 1. The molecule has 0 aliphatic carbocycles. The molecule has 0 spiro atoms.